The molecule has 0 amide bonds. The van der Waals surface area contributed by atoms with Crippen LogP contribution >= 0.6 is 11.9 Å². The summed E-state index contributed by atoms with van der Waals surface area (Å²) < 4.78 is 3.86. The van der Waals surface area contributed by atoms with E-state index in [0.29, 0.717) is 5.69 Å². The van der Waals surface area contributed by atoms with Crippen molar-refractivity contribution in [3.8, 4) is 0 Å². The molecule has 0 aliphatic carbocycles. The zero-order valence-electron chi connectivity index (χ0n) is 11.2. The molecule has 104 valence electrons. The number of fused-ring (bicyclic) bond motifs is 1. The highest BCUT2D eigenvalue weighted by Crippen LogP contribution is 2.34. The number of hydrogen-bond donors (Lipinski definition) is 1. The zero-order valence-corrected chi connectivity index (χ0v) is 12.0. The van der Waals surface area contributed by atoms with Crippen LogP contribution in [-0.2, 0) is 20.1 Å². The van der Waals surface area contributed by atoms with Crippen molar-refractivity contribution >= 4 is 17.9 Å². The molecule has 0 radical (unpaired) electrons. The van der Waals surface area contributed by atoms with Crippen molar-refractivity contribution in [2.45, 2.75) is 24.9 Å². The molecule has 7 heteroatoms. The van der Waals surface area contributed by atoms with Crippen molar-refractivity contribution in [2.75, 3.05) is 0 Å². The van der Waals surface area contributed by atoms with Crippen LogP contribution in [0.2, 0.25) is 0 Å². The average molecular weight is 290 g/mol. The molecule has 0 saturated heterocycles. The van der Waals surface area contributed by atoms with Gasteiger partial charge in [-0.2, -0.15) is 0 Å². The van der Waals surface area contributed by atoms with Crippen LogP contribution < -0.4 is 0 Å². The summed E-state index contributed by atoms with van der Waals surface area (Å²) in [4.78, 5) is 20.4. The van der Waals surface area contributed by atoms with Gasteiger partial charge in [0.2, 0.25) is 0 Å². The van der Waals surface area contributed by atoms with Gasteiger partial charge in [0, 0.05) is 35.9 Å². The Morgan fingerprint density at radius 2 is 2.25 bits per heavy atom. The van der Waals surface area contributed by atoms with Crippen LogP contribution in [0.15, 0.2) is 23.5 Å². The summed E-state index contributed by atoms with van der Waals surface area (Å²) in [6.07, 6.45) is 3.40. The first-order valence-electron chi connectivity index (χ1n) is 6.16. The second kappa shape index (κ2) is 4.92. The molecule has 1 N–H and O–H groups in total. The third-order valence-corrected chi connectivity index (χ3v) is 4.62. The van der Waals surface area contributed by atoms with Crippen molar-refractivity contribution in [1.82, 2.24) is 18.8 Å². The predicted octanol–water partition coefficient (Wildman–Crippen LogP) is 1.84. The second-order valence-electron chi connectivity index (χ2n) is 4.73. The Balaban J connectivity index is 1.81. The minimum Gasteiger partial charge on any atom is -0.477 e. The first-order chi connectivity index (χ1) is 9.56. The molecule has 3 heterocycles. The summed E-state index contributed by atoms with van der Waals surface area (Å²) >= 11 is 1.57. The zero-order chi connectivity index (χ0) is 14.3. The average Bonchev–Trinajstić information content (AvgIpc) is 2.94. The number of rotatable bonds is 3. The molecule has 1 aliphatic heterocycles. The van der Waals surface area contributed by atoms with E-state index in [2.05, 4.69) is 14.3 Å². The SMILES string of the molecule is Cc1c(SN2Cc3cncnc3C2)cc(C(=O)O)n1C. The van der Waals surface area contributed by atoms with Gasteiger partial charge in [0.25, 0.3) is 0 Å². The van der Waals surface area contributed by atoms with E-state index in [1.54, 1.807) is 36.0 Å². The first-order valence-corrected chi connectivity index (χ1v) is 6.94. The van der Waals surface area contributed by atoms with Crippen LogP contribution in [0.5, 0.6) is 0 Å². The summed E-state index contributed by atoms with van der Waals surface area (Å²) in [5, 5.41) is 9.14. The number of aromatic carboxylic acids is 1. The van der Waals surface area contributed by atoms with Crippen molar-refractivity contribution in [2.24, 2.45) is 7.05 Å². The van der Waals surface area contributed by atoms with Gasteiger partial charge in [-0.1, -0.05) is 0 Å². The maximum absolute atomic E-state index is 11.1. The molecule has 0 spiro atoms. The lowest BCUT2D eigenvalue weighted by Gasteiger charge is -2.12. The van der Waals surface area contributed by atoms with Crippen molar-refractivity contribution in [3.63, 3.8) is 0 Å². The smallest absolute Gasteiger partial charge is 0.352 e. The third-order valence-electron chi connectivity index (χ3n) is 3.49. The van der Waals surface area contributed by atoms with E-state index in [-0.39, 0.29) is 0 Å². The Morgan fingerprint density at radius 1 is 1.45 bits per heavy atom. The van der Waals surface area contributed by atoms with Gasteiger partial charge >= 0.3 is 5.97 Å². The van der Waals surface area contributed by atoms with Gasteiger partial charge in [0.15, 0.2) is 0 Å². The van der Waals surface area contributed by atoms with Crippen molar-refractivity contribution in [1.29, 1.82) is 0 Å². The maximum Gasteiger partial charge on any atom is 0.352 e. The summed E-state index contributed by atoms with van der Waals surface area (Å²) in [5.74, 6) is -0.905. The molecule has 0 saturated carbocycles. The maximum atomic E-state index is 11.1. The number of hydrogen-bond acceptors (Lipinski definition) is 5. The van der Waals surface area contributed by atoms with Crippen LogP contribution in [0.25, 0.3) is 0 Å². The Bertz CT molecular complexity index is 658. The van der Waals surface area contributed by atoms with Gasteiger partial charge in [0.05, 0.1) is 12.2 Å². The van der Waals surface area contributed by atoms with E-state index in [0.717, 1.165) is 34.9 Å². The van der Waals surface area contributed by atoms with E-state index < -0.39 is 5.97 Å². The van der Waals surface area contributed by atoms with E-state index in [1.807, 2.05) is 13.1 Å². The molecule has 0 aromatic carbocycles. The van der Waals surface area contributed by atoms with Crippen molar-refractivity contribution in [3.05, 3.63) is 41.2 Å². The quantitative estimate of drug-likeness (QED) is 0.870. The molecule has 6 nitrogen and oxygen atoms in total. The lowest BCUT2D eigenvalue weighted by Crippen LogP contribution is -2.06. The molecule has 20 heavy (non-hydrogen) atoms. The monoisotopic (exact) mass is 290 g/mol. The number of carboxylic acid groups (broad SMARTS) is 1. The standard InChI is InChI=1S/C13H14N4O2S/c1-8-12(3-11(13(18)19)16(8)2)20-17-5-9-4-14-7-15-10(9)6-17/h3-4,7H,5-6H2,1-2H3,(H,18,19). The van der Waals surface area contributed by atoms with Gasteiger partial charge in [-0.25, -0.2) is 19.1 Å². The van der Waals surface area contributed by atoms with Crippen LogP contribution in [0.3, 0.4) is 0 Å². The number of nitrogens with zero attached hydrogens (tertiary/aromatic N) is 4. The summed E-state index contributed by atoms with van der Waals surface area (Å²) in [6.45, 7) is 3.45. The largest absolute Gasteiger partial charge is 0.477 e. The highest BCUT2D eigenvalue weighted by molar-refractivity contribution is 7.97. The molecular formula is C13H14N4O2S. The van der Waals surface area contributed by atoms with Crippen LogP contribution in [-0.4, -0.2) is 29.9 Å². The van der Waals surface area contributed by atoms with E-state index in [4.69, 9.17) is 5.11 Å². The fourth-order valence-electron chi connectivity index (χ4n) is 2.24. The lowest BCUT2D eigenvalue weighted by atomic mass is 10.3. The van der Waals surface area contributed by atoms with Crippen LogP contribution in [0.4, 0.5) is 0 Å². The fraction of sp³-hybridized carbons (Fsp3) is 0.308. The number of aromatic nitrogens is 3. The topological polar surface area (TPSA) is 71.2 Å². The van der Waals surface area contributed by atoms with Gasteiger partial charge in [-0.3, -0.25) is 0 Å². The first kappa shape index (κ1) is 13.1. The molecule has 2 aromatic heterocycles. The number of carbonyl (C=O) groups is 1. The molecule has 2 aromatic rings. The molecule has 0 bridgehead atoms. The van der Waals surface area contributed by atoms with Gasteiger partial charge in [-0.05, 0) is 24.9 Å². The van der Waals surface area contributed by atoms with E-state index >= 15 is 0 Å². The highest BCUT2D eigenvalue weighted by Gasteiger charge is 2.23. The van der Waals surface area contributed by atoms with E-state index in [1.165, 1.54) is 0 Å². The van der Waals surface area contributed by atoms with Gasteiger partial charge in [-0.15, -0.1) is 0 Å². The molecule has 1 aliphatic rings. The molecule has 3 rings (SSSR count). The minimum atomic E-state index is -0.905. The normalized spacial score (nSPS) is 14.5. The molecule has 0 atom stereocenters. The Hall–Kier alpha value is -1.86. The minimum absolute atomic E-state index is 0.307. The Morgan fingerprint density at radius 3 is 2.90 bits per heavy atom. The third kappa shape index (κ3) is 2.19. The predicted molar refractivity (Wildman–Crippen MR) is 74.2 cm³/mol. The van der Waals surface area contributed by atoms with Gasteiger partial charge < -0.3 is 9.67 Å². The number of carboxylic acids is 1. The van der Waals surface area contributed by atoms with Gasteiger partial charge in [0.1, 0.15) is 12.0 Å². The fourth-order valence-corrected chi connectivity index (χ4v) is 3.35. The Kier molecular flexibility index (Phi) is 3.23. The van der Waals surface area contributed by atoms with Crippen LogP contribution in [0.1, 0.15) is 27.4 Å². The second-order valence-corrected chi connectivity index (χ2v) is 5.87. The van der Waals surface area contributed by atoms with Crippen molar-refractivity contribution < 1.29 is 9.90 Å². The molecular weight excluding hydrogens is 276 g/mol. The Labute approximate surface area is 120 Å². The van der Waals surface area contributed by atoms with Crippen LogP contribution in [0, 0.1) is 6.92 Å². The summed E-state index contributed by atoms with van der Waals surface area (Å²) in [7, 11) is 1.77. The lowest BCUT2D eigenvalue weighted by molar-refractivity contribution is 0.0686. The summed E-state index contributed by atoms with van der Waals surface area (Å²) in [5.41, 5.74) is 3.43. The van der Waals surface area contributed by atoms with E-state index in [9.17, 15) is 4.79 Å². The molecule has 0 unspecified atom stereocenters. The highest BCUT2D eigenvalue weighted by atomic mass is 32.2. The molecule has 0 fully saturated rings. The summed E-state index contributed by atoms with van der Waals surface area (Å²) in [6, 6.07) is 1.72.